The van der Waals surface area contributed by atoms with Gasteiger partial charge in [-0.3, -0.25) is 4.79 Å². The maximum Gasteiger partial charge on any atom is 0.221 e. The zero-order valence-electron chi connectivity index (χ0n) is 10.8. The maximum atomic E-state index is 11.8. The molecule has 1 aliphatic rings. The third-order valence-corrected chi connectivity index (χ3v) is 3.42. The van der Waals surface area contributed by atoms with Crippen LogP contribution in [0.15, 0.2) is 30.3 Å². The Kier molecular flexibility index (Phi) is 5.21. The molecular formula is C15H22N2O. The Morgan fingerprint density at radius 2 is 2.11 bits per heavy atom. The molecular weight excluding hydrogens is 224 g/mol. The van der Waals surface area contributed by atoms with Crippen LogP contribution in [-0.4, -0.2) is 25.0 Å². The van der Waals surface area contributed by atoms with Gasteiger partial charge < -0.3 is 10.6 Å². The lowest BCUT2D eigenvalue weighted by Crippen LogP contribution is -2.39. The zero-order chi connectivity index (χ0) is 12.6. The molecule has 3 heteroatoms. The molecule has 0 spiro atoms. The first-order chi connectivity index (χ1) is 8.84. The maximum absolute atomic E-state index is 11.8. The van der Waals surface area contributed by atoms with Crippen LogP contribution in [0.1, 0.15) is 31.2 Å². The van der Waals surface area contributed by atoms with E-state index in [0.717, 1.165) is 25.9 Å². The summed E-state index contributed by atoms with van der Waals surface area (Å²) in [6, 6.07) is 10.6. The first-order valence-corrected chi connectivity index (χ1v) is 6.88. The van der Waals surface area contributed by atoms with Crippen molar-refractivity contribution in [2.75, 3.05) is 13.1 Å². The molecule has 1 heterocycles. The molecule has 0 bridgehead atoms. The van der Waals surface area contributed by atoms with Gasteiger partial charge in [-0.15, -0.1) is 0 Å². The molecule has 2 N–H and O–H groups in total. The number of carbonyl (C=O) groups is 1. The SMILES string of the molecule is O=C(CC1CCCCN1)NCCc1ccccc1. The van der Waals surface area contributed by atoms with E-state index >= 15 is 0 Å². The summed E-state index contributed by atoms with van der Waals surface area (Å²) in [5, 5.41) is 6.40. The molecule has 2 rings (SSSR count). The molecule has 98 valence electrons. The quantitative estimate of drug-likeness (QED) is 0.833. The Morgan fingerprint density at radius 3 is 2.83 bits per heavy atom. The molecule has 3 nitrogen and oxygen atoms in total. The first-order valence-electron chi connectivity index (χ1n) is 6.88. The number of piperidine rings is 1. The molecule has 1 amide bonds. The summed E-state index contributed by atoms with van der Waals surface area (Å²) in [6.07, 6.45) is 5.15. The van der Waals surface area contributed by atoms with E-state index in [0.29, 0.717) is 12.5 Å². The highest BCUT2D eigenvalue weighted by Crippen LogP contribution is 2.09. The van der Waals surface area contributed by atoms with Crippen molar-refractivity contribution in [1.29, 1.82) is 0 Å². The summed E-state index contributed by atoms with van der Waals surface area (Å²) in [4.78, 5) is 11.8. The molecule has 0 aromatic heterocycles. The van der Waals surface area contributed by atoms with Crippen molar-refractivity contribution >= 4 is 5.91 Å². The summed E-state index contributed by atoms with van der Waals surface area (Å²) >= 11 is 0. The van der Waals surface area contributed by atoms with E-state index in [1.807, 2.05) is 18.2 Å². The highest BCUT2D eigenvalue weighted by atomic mass is 16.1. The second kappa shape index (κ2) is 7.17. The molecule has 1 aliphatic heterocycles. The smallest absolute Gasteiger partial charge is 0.221 e. The predicted molar refractivity (Wildman–Crippen MR) is 73.4 cm³/mol. The van der Waals surface area contributed by atoms with Gasteiger partial charge in [0.15, 0.2) is 0 Å². The van der Waals surface area contributed by atoms with E-state index in [2.05, 4.69) is 22.8 Å². The van der Waals surface area contributed by atoms with Crippen LogP contribution in [-0.2, 0) is 11.2 Å². The molecule has 1 fully saturated rings. The number of hydrogen-bond acceptors (Lipinski definition) is 2. The second-order valence-electron chi connectivity index (χ2n) is 4.94. The van der Waals surface area contributed by atoms with E-state index in [4.69, 9.17) is 0 Å². The third-order valence-electron chi connectivity index (χ3n) is 3.42. The van der Waals surface area contributed by atoms with Gasteiger partial charge in [0.05, 0.1) is 0 Å². The summed E-state index contributed by atoms with van der Waals surface area (Å²) in [7, 11) is 0. The average molecular weight is 246 g/mol. The lowest BCUT2D eigenvalue weighted by molar-refractivity contribution is -0.121. The fraction of sp³-hybridized carbons (Fsp3) is 0.533. The minimum atomic E-state index is 0.172. The third kappa shape index (κ3) is 4.49. The van der Waals surface area contributed by atoms with Crippen LogP contribution in [0.4, 0.5) is 0 Å². The van der Waals surface area contributed by atoms with Crippen LogP contribution >= 0.6 is 0 Å². The highest BCUT2D eigenvalue weighted by molar-refractivity contribution is 5.76. The van der Waals surface area contributed by atoms with E-state index in [1.54, 1.807) is 0 Å². The van der Waals surface area contributed by atoms with Gasteiger partial charge >= 0.3 is 0 Å². The number of benzene rings is 1. The molecule has 1 atom stereocenters. The van der Waals surface area contributed by atoms with E-state index in [1.165, 1.54) is 18.4 Å². The topological polar surface area (TPSA) is 41.1 Å². The van der Waals surface area contributed by atoms with E-state index in [9.17, 15) is 4.79 Å². The molecule has 18 heavy (non-hydrogen) atoms. The Morgan fingerprint density at radius 1 is 1.28 bits per heavy atom. The van der Waals surface area contributed by atoms with E-state index < -0.39 is 0 Å². The number of carbonyl (C=O) groups excluding carboxylic acids is 1. The lowest BCUT2D eigenvalue weighted by atomic mass is 10.0. The molecule has 1 aromatic rings. The zero-order valence-corrected chi connectivity index (χ0v) is 10.8. The molecule has 0 saturated carbocycles. The number of nitrogens with one attached hydrogen (secondary N) is 2. The van der Waals surface area contributed by atoms with Gasteiger partial charge in [-0.1, -0.05) is 36.8 Å². The Bertz CT molecular complexity index is 358. The van der Waals surface area contributed by atoms with Crippen molar-refractivity contribution < 1.29 is 4.79 Å². The average Bonchev–Trinajstić information content (AvgIpc) is 2.41. The fourth-order valence-corrected chi connectivity index (χ4v) is 2.39. The van der Waals surface area contributed by atoms with E-state index in [-0.39, 0.29) is 5.91 Å². The van der Waals surface area contributed by atoms with Crippen molar-refractivity contribution in [3.8, 4) is 0 Å². The minimum absolute atomic E-state index is 0.172. The van der Waals surface area contributed by atoms with Gasteiger partial charge in [-0.05, 0) is 31.4 Å². The monoisotopic (exact) mass is 246 g/mol. The Balaban J connectivity index is 1.62. The van der Waals surface area contributed by atoms with Crippen LogP contribution in [0.3, 0.4) is 0 Å². The molecule has 1 aromatic carbocycles. The summed E-state index contributed by atoms with van der Waals surface area (Å²) in [5.41, 5.74) is 1.27. The molecule has 1 unspecified atom stereocenters. The minimum Gasteiger partial charge on any atom is -0.356 e. The van der Waals surface area contributed by atoms with Gasteiger partial charge in [0, 0.05) is 19.0 Å². The number of amides is 1. The van der Waals surface area contributed by atoms with Gasteiger partial charge in [0.2, 0.25) is 5.91 Å². The van der Waals surface area contributed by atoms with Crippen LogP contribution in [0.25, 0.3) is 0 Å². The van der Waals surface area contributed by atoms with Gasteiger partial charge in [0.25, 0.3) is 0 Å². The Labute approximate surface area is 109 Å². The van der Waals surface area contributed by atoms with Crippen LogP contribution < -0.4 is 10.6 Å². The second-order valence-corrected chi connectivity index (χ2v) is 4.94. The summed E-state index contributed by atoms with van der Waals surface area (Å²) < 4.78 is 0. The molecule has 0 aliphatic carbocycles. The normalized spacial score (nSPS) is 19.4. The largest absolute Gasteiger partial charge is 0.356 e. The predicted octanol–water partition coefficient (Wildman–Crippen LogP) is 1.88. The van der Waals surface area contributed by atoms with Crippen LogP contribution in [0.5, 0.6) is 0 Å². The fourth-order valence-electron chi connectivity index (χ4n) is 2.39. The van der Waals surface area contributed by atoms with Crippen LogP contribution in [0, 0.1) is 0 Å². The molecule has 0 radical (unpaired) electrons. The van der Waals surface area contributed by atoms with Gasteiger partial charge in [0.1, 0.15) is 0 Å². The van der Waals surface area contributed by atoms with Crippen molar-refractivity contribution in [2.24, 2.45) is 0 Å². The van der Waals surface area contributed by atoms with Crippen molar-refractivity contribution in [3.05, 3.63) is 35.9 Å². The molecule has 1 saturated heterocycles. The first kappa shape index (κ1) is 13.1. The lowest BCUT2D eigenvalue weighted by Gasteiger charge is -2.22. The summed E-state index contributed by atoms with van der Waals surface area (Å²) in [5.74, 6) is 0.172. The van der Waals surface area contributed by atoms with Crippen LogP contribution in [0.2, 0.25) is 0 Å². The summed E-state index contributed by atoms with van der Waals surface area (Å²) in [6.45, 7) is 1.79. The Hall–Kier alpha value is -1.35. The highest BCUT2D eigenvalue weighted by Gasteiger charge is 2.15. The van der Waals surface area contributed by atoms with Gasteiger partial charge in [-0.2, -0.15) is 0 Å². The van der Waals surface area contributed by atoms with Crippen molar-refractivity contribution in [3.63, 3.8) is 0 Å². The van der Waals surface area contributed by atoms with Crippen molar-refractivity contribution in [1.82, 2.24) is 10.6 Å². The van der Waals surface area contributed by atoms with Gasteiger partial charge in [-0.25, -0.2) is 0 Å². The number of rotatable bonds is 5. The van der Waals surface area contributed by atoms with Crippen molar-refractivity contribution in [2.45, 2.75) is 38.1 Å². The number of hydrogen-bond donors (Lipinski definition) is 2. The standard InChI is InChI=1S/C15H22N2O/c18-15(12-14-8-4-5-10-16-14)17-11-9-13-6-2-1-3-7-13/h1-3,6-7,14,16H,4-5,8-12H2,(H,17,18).